The molecular weight excluding hydrogens is 686 g/mol. The standard InChI is InChI=1S/C28H53N9O14/c1-28(2,3)51-27(44)36-9-4-8(31)21(48-24-13(32)18(41)16(39)10(5-29)45-24)23(15(9)38)50-26-20(43)22(12(47-26)7-35-37-34)49-25-14(33)19(42)17(40)11(6-30)46-25/h8-26,38-43H,4-7,29-33H2,1-3H3,(H,36,44). The molecule has 0 bridgehead atoms. The number of nitrogens with two attached hydrogens (primary N) is 5. The quantitative estimate of drug-likeness (QED) is 0.0533. The Morgan fingerprint density at radius 1 is 0.765 bits per heavy atom. The SMILES string of the molecule is CC(C)(C)OC(=O)NC1CC(N)C(OC2OC(CN)C(O)C(O)C2N)C(OC2OC(CN=[N+]=[N-])C(OC3OC(CN)C(O)C(O)C3N)C2O)C1O. The molecule has 3 aliphatic heterocycles. The number of hydrogen-bond acceptors (Lipinski definition) is 20. The normalized spacial score (nSPS) is 46.3. The number of aliphatic hydroxyl groups is 6. The van der Waals surface area contributed by atoms with Crippen molar-refractivity contribution in [2.45, 2.75) is 149 Å². The summed E-state index contributed by atoms with van der Waals surface area (Å²) in [5.74, 6) is 0. The highest BCUT2D eigenvalue weighted by Crippen LogP contribution is 2.35. The van der Waals surface area contributed by atoms with Crippen LogP contribution >= 0.6 is 0 Å². The van der Waals surface area contributed by atoms with Gasteiger partial charge in [-0.1, -0.05) is 5.11 Å². The molecule has 19 atom stereocenters. The number of carbonyl (C=O) groups is 1. The fourth-order valence-electron chi connectivity index (χ4n) is 6.43. The molecule has 19 unspecified atom stereocenters. The summed E-state index contributed by atoms with van der Waals surface area (Å²) in [6, 6.07) is -4.75. The van der Waals surface area contributed by atoms with Gasteiger partial charge in [0.05, 0.1) is 30.8 Å². The lowest BCUT2D eigenvalue weighted by atomic mass is 9.83. The van der Waals surface area contributed by atoms with Crippen molar-refractivity contribution in [1.82, 2.24) is 5.32 Å². The number of nitrogens with zero attached hydrogens (tertiary/aromatic N) is 3. The average Bonchev–Trinajstić information content (AvgIpc) is 3.35. The van der Waals surface area contributed by atoms with E-state index in [1.165, 1.54) is 0 Å². The van der Waals surface area contributed by atoms with E-state index < -0.39 is 135 Å². The van der Waals surface area contributed by atoms with Crippen LogP contribution < -0.4 is 34.0 Å². The molecule has 0 spiro atoms. The Morgan fingerprint density at radius 2 is 1.25 bits per heavy atom. The van der Waals surface area contributed by atoms with Crippen LogP contribution in [-0.4, -0.2) is 178 Å². The van der Waals surface area contributed by atoms with Gasteiger partial charge >= 0.3 is 6.09 Å². The number of carbonyl (C=O) groups excluding carboxylic acids is 1. The van der Waals surface area contributed by atoms with Crippen molar-refractivity contribution in [3.63, 3.8) is 0 Å². The summed E-state index contributed by atoms with van der Waals surface area (Å²) < 4.78 is 40.8. The molecule has 4 aliphatic rings. The molecular formula is C28H53N9O14. The molecule has 3 heterocycles. The average molecular weight is 740 g/mol. The molecule has 1 amide bonds. The molecule has 51 heavy (non-hydrogen) atoms. The Balaban J connectivity index is 1.61. The topological polar surface area (TPSA) is 394 Å². The lowest BCUT2D eigenvalue weighted by molar-refractivity contribution is -0.307. The molecule has 1 aliphatic carbocycles. The second-order valence-electron chi connectivity index (χ2n) is 14.1. The van der Waals surface area contributed by atoms with Gasteiger partial charge in [0.1, 0.15) is 72.7 Å². The van der Waals surface area contributed by atoms with Gasteiger partial charge in [-0.25, -0.2) is 4.79 Å². The third kappa shape index (κ3) is 9.53. The predicted molar refractivity (Wildman–Crippen MR) is 170 cm³/mol. The van der Waals surface area contributed by atoms with E-state index in [1.54, 1.807) is 20.8 Å². The Bertz CT molecular complexity index is 1200. The Labute approximate surface area is 293 Å². The van der Waals surface area contributed by atoms with Crippen LogP contribution in [0.5, 0.6) is 0 Å². The molecule has 0 aromatic heterocycles. The fourth-order valence-corrected chi connectivity index (χ4v) is 6.43. The largest absolute Gasteiger partial charge is 0.444 e. The van der Waals surface area contributed by atoms with Crippen molar-refractivity contribution < 1.29 is 68.6 Å². The monoisotopic (exact) mass is 739 g/mol. The maximum atomic E-state index is 12.7. The van der Waals surface area contributed by atoms with Crippen LogP contribution in [0.3, 0.4) is 0 Å². The summed E-state index contributed by atoms with van der Waals surface area (Å²) in [5.41, 5.74) is 38.2. The van der Waals surface area contributed by atoms with Crippen molar-refractivity contribution in [3.05, 3.63) is 10.4 Å². The minimum atomic E-state index is -1.71. The maximum Gasteiger partial charge on any atom is 0.407 e. The molecule has 1 saturated carbocycles. The van der Waals surface area contributed by atoms with E-state index in [-0.39, 0.29) is 19.5 Å². The summed E-state index contributed by atoms with van der Waals surface area (Å²) >= 11 is 0. The van der Waals surface area contributed by atoms with Crippen LogP contribution in [0.2, 0.25) is 0 Å². The second-order valence-corrected chi connectivity index (χ2v) is 14.1. The third-order valence-corrected chi connectivity index (χ3v) is 9.17. The van der Waals surface area contributed by atoms with Crippen LogP contribution in [0.25, 0.3) is 10.4 Å². The maximum absolute atomic E-state index is 12.7. The van der Waals surface area contributed by atoms with Crippen molar-refractivity contribution in [1.29, 1.82) is 0 Å². The predicted octanol–water partition coefficient (Wildman–Crippen LogP) is -6.01. The lowest BCUT2D eigenvalue weighted by Crippen LogP contribution is -2.69. The minimum Gasteiger partial charge on any atom is -0.444 e. The second kappa shape index (κ2) is 17.4. The van der Waals surface area contributed by atoms with E-state index in [1.807, 2.05) is 0 Å². The van der Waals surface area contributed by atoms with E-state index in [0.29, 0.717) is 0 Å². The first-order valence-corrected chi connectivity index (χ1v) is 16.6. The van der Waals surface area contributed by atoms with Crippen LogP contribution in [0.15, 0.2) is 5.11 Å². The zero-order chi connectivity index (χ0) is 37.9. The van der Waals surface area contributed by atoms with Gasteiger partial charge in [-0.15, -0.1) is 0 Å². The molecule has 23 nitrogen and oxygen atoms in total. The van der Waals surface area contributed by atoms with Crippen LogP contribution in [0, 0.1) is 0 Å². The number of nitrogens with one attached hydrogen (secondary N) is 1. The van der Waals surface area contributed by atoms with Crippen LogP contribution in [0.1, 0.15) is 27.2 Å². The first kappa shape index (κ1) is 41.7. The minimum absolute atomic E-state index is 0.0922. The number of rotatable bonds is 11. The molecule has 4 fully saturated rings. The van der Waals surface area contributed by atoms with Crippen LogP contribution in [0.4, 0.5) is 4.79 Å². The summed E-state index contributed by atoms with van der Waals surface area (Å²) in [6.07, 6.45) is -22.3. The van der Waals surface area contributed by atoms with Crippen molar-refractivity contribution in [3.8, 4) is 0 Å². The van der Waals surface area contributed by atoms with E-state index in [2.05, 4.69) is 15.3 Å². The smallest absolute Gasteiger partial charge is 0.407 e. The zero-order valence-electron chi connectivity index (χ0n) is 28.5. The highest BCUT2D eigenvalue weighted by atomic mass is 16.8. The molecule has 294 valence electrons. The number of hydrogen-bond donors (Lipinski definition) is 12. The molecule has 3 saturated heterocycles. The van der Waals surface area contributed by atoms with Gasteiger partial charge in [-0.3, -0.25) is 0 Å². The van der Waals surface area contributed by atoms with E-state index in [0.717, 1.165) is 0 Å². The number of amides is 1. The molecule has 0 aromatic carbocycles. The summed E-state index contributed by atoms with van der Waals surface area (Å²) in [4.78, 5) is 15.4. The molecule has 17 N–H and O–H groups in total. The van der Waals surface area contributed by atoms with Crippen molar-refractivity contribution in [2.24, 2.45) is 33.8 Å². The first-order valence-electron chi connectivity index (χ1n) is 16.6. The van der Waals surface area contributed by atoms with Gasteiger partial charge < -0.3 is 97.8 Å². The van der Waals surface area contributed by atoms with Gasteiger partial charge in [-0.05, 0) is 32.7 Å². The van der Waals surface area contributed by atoms with Crippen molar-refractivity contribution in [2.75, 3.05) is 19.6 Å². The Hall–Kier alpha value is -2.10. The summed E-state index contributed by atoms with van der Waals surface area (Å²) in [5, 5.41) is 70.8. The Kier molecular flexibility index (Phi) is 14.2. The molecule has 4 rings (SSSR count). The number of azide groups is 1. The zero-order valence-corrected chi connectivity index (χ0v) is 28.5. The number of alkyl carbamates (subject to hydrolysis) is 1. The van der Waals surface area contributed by atoms with Gasteiger partial charge in [0, 0.05) is 24.0 Å². The van der Waals surface area contributed by atoms with E-state index in [9.17, 15) is 35.4 Å². The highest BCUT2D eigenvalue weighted by molar-refractivity contribution is 5.68. The van der Waals surface area contributed by atoms with Gasteiger partial charge in [0.15, 0.2) is 18.9 Å². The van der Waals surface area contributed by atoms with Crippen LogP contribution in [-0.2, 0) is 33.2 Å². The fraction of sp³-hybridized carbons (Fsp3) is 0.964. The summed E-state index contributed by atoms with van der Waals surface area (Å²) in [6.45, 7) is 4.12. The number of ether oxygens (including phenoxy) is 7. The van der Waals surface area contributed by atoms with E-state index in [4.69, 9.17) is 67.4 Å². The molecule has 0 aromatic rings. The van der Waals surface area contributed by atoms with E-state index >= 15 is 0 Å². The van der Waals surface area contributed by atoms with Gasteiger partial charge in [-0.2, -0.15) is 0 Å². The third-order valence-electron chi connectivity index (χ3n) is 9.17. The van der Waals surface area contributed by atoms with Gasteiger partial charge in [0.2, 0.25) is 0 Å². The summed E-state index contributed by atoms with van der Waals surface area (Å²) in [7, 11) is 0. The lowest BCUT2D eigenvalue weighted by Gasteiger charge is -2.47. The first-order chi connectivity index (χ1) is 23.9. The van der Waals surface area contributed by atoms with Gasteiger partial charge in [0.25, 0.3) is 0 Å². The number of aliphatic hydroxyl groups excluding tert-OH is 6. The molecule has 0 radical (unpaired) electrons. The molecule has 23 heteroatoms. The van der Waals surface area contributed by atoms with Crippen molar-refractivity contribution >= 4 is 6.09 Å². The Morgan fingerprint density at radius 3 is 1.75 bits per heavy atom. The highest BCUT2D eigenvalue weighted by Gasteiger charge is 2.55.